The van der Waals surface area contributed by atoms with Gasteiger partial charge in [-0.25, -0.2) is 4.39 Å². The molecule has 2 rings (SSSR count). The molecule has 2 unspecified atom stereocenters. The van der Waals surface area contributed by atoms with Crippen LogP contribution < -0.4 is 0 Å². The van der Waals surface area contributed by atoms with Crippen LogP contribution in [0.5, 0.6) is 0 Å². The fourth-order valence-electron chi connectivity index (χ4n) is 2.93. The number of alkyl halides is 1. The van der Waals surface area contributed by atoms with Crippen LogP contribution in [-0.4, -0.2) is 39.6 Å². The van der Waals surface area contributed by atoms with E-state index in [1.165, 1.54) is 12.1 Å². The van der Waals surface area contributed by atoms with Crippen molar-refractivity contribution in [3.8, 4) is 0 Å². The summed E-state index contributed by atoms with van der Waals surface area (Å²) < 4.78 is 13.3. The Bertz CT molecular complexity index is 822. The third kappa shape index (κ3) is 6.54. The molecule has 0 saturated heterocycles. The van der Waals surface area contributed by atoms with E-state index in [-0.39, 0.29) is 30.2 Å². The van der Waals surface area contributed by atoms with Crippen molar-refractivity contribution in [2.75, 3.05) is 6.54 Å². The number of thiophene rings is 1. The Morgan fingerprint density at radius 3 is 2.31 bits per heavy atom. The van der Waals surface area contributed by atoms with Crippen LogP contribution in [0.1, 0.15) is 43.2 Å². The van der Waals surface area contributed by atoms with Crippen molar-refractivity contribution in [1.29, 1.82) is 0 Å². The minimum atomic E-state index is -0.693. The van der Waals surface area contributed by atoms with Crippen LogP contribution in [0.3, 0.4) is 0 Å². The molecule has 4 nitrogen and oxygen atoms in total. The Morgan fingerprint density at radius 1 is 1.14 bits per heavy atom. The maximum Gasteiger partial charge on any atom is 0.242 e. The Hall–Kier alpha value is -1.92. The molecule has 1 heterocycles. The molecule has 0 N–H and O–H groups in total. The number of rotatable bonds is 9. The van der Waals surface area contributed by atoms with Gasteiger partial charge in [0.05, 0.1) is 6.54 Å². The van der Waals surface area contributed by atoms with E-state index in [1.54, 1.807) is 40.2 Å². The quantitative estimate of drug-likeness (QED) is 0.518. The molecule has 2 aromatic rings. The maximum atomic E-state index is 13.3. The Balaban J connectivity index is 2.25. The summed E-state index contributed by atoms with van der Waals surface area (Å²) in [5.74, 6) is -0.720. The van der Waals surface area contributed by atoms with Crippen LogP contribution in [0.4, 0.5) is 4.39 Å². The number of amides is 2. The molecule has 0 spiro atoms. The van der Waals surface area contributed by atoms with E-state index in [9.17, 15) is 14.0 Å². The monoisotopic (exact) mass is 438 g/mol. The van der Waals surface area contributed by atoms with Crippen LogP contribution in [0.25, 0.3) is 0 Å². The molecular formula is C22H28ClFN2O2S. The van der Waals surface area contributed by atoms with Crippen LogP contribution in [0, 0.1) is 12.7 Å². The van der Waals surface area contributed by atoms with Gasteiger partial charge in [0.2, 0.25) is 11.8 Å². The molecule has 29 heavy (non-hydrogen) atoms. The van der Waals surface area contributed by atoms with Gasteiger partial charge in [0, 0.05) is 17.5 Å². The molecule has 0 aliphatic rings. The van der Waals surface area contributed by atoms with Gasteiger partial charge in [-0.05, 0) is 61.9 Å². The molecule has 2 atom stereocenters. The van der Waals surface area contributed by atoms with Crippen molar-refractivity contribution in [3.63, 3.8) is 0 Å². The van der Waals surface area contributed by atoms with E-state index in [0.717, 1.165) is 22.4 Å². The van der Waals surface area contributed by atoms with Gasteiger partial charge in [-0.2, -0.15) is 0 Å². The number of carbonyl (C=O) groups is 2. The lowest BCUT2D eigenvalue weighted by Gasteiger charge is -2.32. The minimum absolute atomic E-state index is 0.0312. The number of hydrogen-bond donors (Lipinski definition) is 0. The summed E-state index contributed by atoms with van der Waals surface area (Å²) in [5, 5.41) is 1.30. The largest absolute Gasteiger partial charge is 0.332 e. The van der Waals surface area contributed by atoms with Gasteiger partial charge in [0.15, 0.2) is 0 Å². The molecule has 0 fully saturated rings. The number of halogens is 2. The predicted octanol–water partition coefficient (Wildman–Crippen LogP) is 4.98. The summed E-state index contributed by atoms with van der Waals surface area (Å²) in [6.45, 7) is 8.27. The lowest BCUT2D eigenvalue weighted by atomic mass is 10.1. The first-order chi connectivity index (χ1) is 13.7. The zero-order chi connectivity index (χ0) is 21.6. The molecule has 0 saturated carbocycles. The van der Waals surface area contributed by atoms with Gasteiger partial charge in [-0.3, -0.25) is 9.59 Å². The van der Waals surface area contributed by atoms with E-state index >= 15 is 0 Å². The second-order valence-corrected chi connectivity index (χ2v) is 8.90. The summed E-state index contributed by atoms with van der Waals surface area (Å²) in [6, 6.07) is 8.05. The SMILES string of the molecule is CCC(C)N(CC(=O)N(Cc1ccc(F)cc1)Cc1sccc1C)C(=O)C(C)Cl. The standard InChI is InChI=1S/C22H28ClFN2O2S/c1-5-16(3)26(22(28)17(4)23)14-21(27)25(13-20-15(2)10-11-29-20)12-18-6-8-19(24)9-7-18/h6-11,16-17H,5,12-14H2,1-4H3. The van der Waals surface area contributed by atoms with Crippen molar-refractivity contribution < 1.29 is 14.0 Å². The lowest BCUT2D eigenvalue weighted by molar-refractivity contribution is -0.142. The van der Waals surface area contributed by atoms with E-state index in [2.05, 4.69) is 0 Å². The van der Waals surface area contributed by atoms with Crippen LogP contribution in [0.15, 0.2) is 35.7 Å². The average Bonchev–Trinajstić information content (AvgIpc) is 3.10. The molecule has 0 aliphatic carbocycles. The summed E-state index contributed by atoms with van der Waals surface area (Å²) in [6.07, 6.45) is 0.727. The van der Waals surface area contributed by atoms with Crippen molar-refractivity contribution >= 4 is 34.8 Å². The Kier molecular flexibility index (Phi) is 8.65. The van der Waals surface area contributed by atoms with Crippen LogP contribution in [0.2, 0.25) is 0 Å². The van der Waals surface area contributed by atoms with E-state index in [0.29, 0.717) is 13.1 Å². The molecule has 1 aromatic carbocycles. The van der Waals surface area contributed by atoms with Crippen molar-refractivity contribution in [2.24, 2.45) is 0 Å². The summed E-state index contributed by atoms with van der Waals surface area (Å²) in [5.41, 5.74) is 1.96. The van der Waals surface area contributed by atoms with E-state index < -0.39 is 5.38 Å². The number of nitrogens with zero attached hydrogens (tertiary/aromatic N) is 2. The highest BCUT2D eigenvalue weighted by Crippen LogP contribution is 2.20. The summed E-state index contributed by atoms with van der Waals surface area (Å²) in [7, 11) is 0. The molecule has 0 radical (unpaired) electrons. The molecule has 7 heteroatoms. The highest BCUT2D eigenvalue weighted by Gasteiger charge is 2.27. The number of benzene rings is 1. The first kappa shape index (κ1) is 23.4. The zero-order valence-corrected chi connectivity index (χ0v) is 18.9. The van der Waals surface area contributed by atoms with Gasteiger partial charge in [0.1, 0.15) is 17.7 Å². The second-order valence-electron chi connectivity index (χ2n) is 7.24. The second kappa shape index (κ2) is 10.7. The van der Waals surface area contributed by atoms with E-state index in [1.807, 2.05) is 32.2 Å². The minimum Gasteiger partial charge on any atom is -0.332 e. The first-order valence-corrected chi connectivity index (χ1v) is 11.0. The fourth-order valence-corrected chi connectivity index (χ4v) is 3.97. The number of aryl methyl sites for hydroxylation is 1. The molecule has 158 valence electrons. The molecular weight excluding hydrogens is 411 g/mol. The van der Waals surface area contributed by atoms with Crippen molar-refractivity contribution in [1.82, 2.24) is 9.80 Å². The molecule has 1 aromatic heterocycles. The highest BCUT2D eigenvalue weighted by molar-refractivity contribution is 7.10. The predicted molar refractivity (Wildman–Crippen MR) is 116 cm³/mol. The van der Waals surface area contributed by atoms with Crippen molar-refractivity contribution in [3.05, 3.63) is 57.5 Å². The maximum absolute atomic E-state index is 13.3. The first-order valence-electron chi connectivity index (χ1n) is 9.72. The third-order valence-corrected chi connectivity index (χ3v) is 6.19. The Labute approximate surface area is 181 Å². The summed E-state index contributed by atoms with van der Waals surface area (Å²) in [4.78, 5) is 30.1. The van der Waals surface area contributed by atoms with E-state index in [4.69, 9.17) is 11.6 Å². The topological polar surface area (TPSA) is 40.6 Å². The third-order valence-electron chi connectivity index (χ3n) is 4.99. The van der Waals surface area contributed by atoms with Crippen molar-refractivity contribution in [2.45, 2.75) is 58.6 Å². The molecule has 0 bridgehead atoms. The van der Waals surface area contributed by atoms with Gasteiger partial charge in [-0.15, -0.1) is 22.9 Å². The smallest absolute Gasteiger partial charge is 0.242 e. The molecule has 0 aliphatic heterocycles. The van der Waals surface area contributed by atoms with Crippen LogP contribution in [-0.2, 0) is 22.7 Å². The van der Waals surface area contributed by atoms with Gasteiger partial charge < -0.3 is 9.80 Å². The Morgan fingerprint density at radius 2 is 1.79 bits per heavy atom. The zero-order valence-electron chi connectivity index (χ0n) is 17.3. The number of hydrogen-bond acceptors (Lipinski definition) is 3. The summed E-state index contributed by atoms with van der Waals surface area (Å²) >= 11 is 7.61. The van der Waals surface area contributed by atoms with Crippen LogP contribution >= 0.6 is 22.9 Å². The van der Waals surface area contributed by atoms with Gasteiger partial charge in [-0.1, -0.05) is 19.1 Å². The van der Waals surface area contributed by atoms with Gasteiger partial charge >= 0.3 is 0 Å². The molecule has 2 amide bonds. The van der Waals surface area contributed by atoms with Gasteiger partial charge in [0.25, 0.3) is 0 Å². The highest BCUT2D eigenvalue weighted by atomic mass is 35.5. The number of carbonyl (C=O) groups excluding carboxylic acids is 2. The lowest BCUT2D eigenvalue weighted by Crippen LogP contribution is -2.48. The fraction of sp³-hybridized carbons (Fsp3) is 0.455. The normalized spacial score (nSPS) is 13.0. The average molecular weight is 439 g/mol.